The maximum atomic E-state index is 10.8. The molecule has 1 aromatic carbocycles. The second kappa shape index (κ2) is 7.58. The molecule has 0 aliphatic carbocycles. The number of benzene rings is 1. The molecule has 0 saturated carbocycles. The van der Waals surface area contributed by atoms with Crippen molar-refractivity contribution in [1.82, 2.24) is 4.90 Å². The van der Waals surface area contributed by atoms with Crippen LogP contribution in [0.2, 0.25) is 0 Å². The number of rotatable bonds is 8. The van der Waals surface area contributed by atoms with E-state index in [4.69, 9.17) is 0 Å². The van der Waals surface area contributed by atoms with Crippen LogP contribution in [0.4, 0.5) is 17.1 Å². The zero-order valence-electron chi connectivity index (χ0n) is 11.8. The molecule has 0 amide bonds. The maximum Gasteiger partial charge on any atom is 0.273 e. The molecule has 0 radical (unpaired) electrons. The van der Waals surface area contributed by atoms with Gasteiger partial charge >= 0.3 is 0 Å². The predicted octanol–water partition coefficient (Wildman–Crippen LogP) is 2.39. The summed E-state index contributed by atoms with van der Waals surface area (Å²) in [5.41, 5.74) is 1.60. The molecule has 0 saturated heterocycles. The van der Waals surface area contributed by atoms with Crippen LogP contribution in [0.25, 0.3) is 0 Å². The quantitative estimate of drug-likeness (QED) is 0.558. The molecule has 1 aromatic rings. The summed E-state index contributed by atoms with van der Waals surface area (Å²) in [5.74, 6) is 0. The standard InChI is InChI=1S/C13H22N4O2/c1-4-16(5-2)7-6-15-12-8-11(14-3)9-13(10-12)17(18)19/h8-10,14-15H,4-7H2,1-3H3. The van der Waals surface area contributed by atoms with Crippen molar-refractivity contribution in [2.45, 2.75) is 13.8 Å². The summed E-state index contributed by atoms with van der Waals surface area (Å²) in [4.78, 5) is 12.8. The molecule has 0 spiro atoms. The zero-order chi connectivity index (χ0) is 14.3. The third-order valence-electron chi connectivity index (χ3n) is 3.07. The van der Waals surface area contributed by atoms with E-state index in [9.17, 15) is 10.1 Å². The predicted molar refractivity (Wildman–Crippen MR) is 78.9 cm³/mol. The van der Waals surface area contributed by atoms with Gasteiger partial charge in [0.1, 0.15) is 0 Å². The number of anilines is 2. The first-order valence-electron chi connectivity index (χ1n) is 6.54. The number of nitro groups is 1. The van der Waals surface area contributed by atoms with E-state index in [1.54, 1.807) is 13.1 Å². The van der Waals surface area contributed by atoms with E-state index < -0.39 is 0 Å². The first kappa shape index (κ1) is 15.2. The molecule has 2 N–H and O–H groups in total. The van der Waals surface area contributed by atoms with Gasteiger partial charge in [-0.3, -0.25) is 10.1 Å². The molecule has 0 aliphatic heterocycles. The number of likely N-dealkylation sites (N-methyl/N-ethyl adjacent to an activating group) is 1. The van der Waals surface area contributed by atoms with Crippen molar-refractivity contribution in [2.24, 2.45) is 0 Å². The minimum Gasteiger partial charge on any atom is -0.388 e. The highest BCUT2D eigenvalue weighted by atomic mass is 16.6. The molecule has 0 atom stereocenters. The maximum absolute atomic E-state index is 10.8. The molecule has 0 aromatic heterocycles. The minimum absolute atomic E-state index is 0.0946. The monoisotopic (exact) mass is 266 g/mol. The van der Waals surface area contributed by atoms with E-state index in [-0.39, 0.29) is 10.6 Å². The van der Waals surface area contributed by atoms with Gasteiger partial charge in [-0.2, -0.15) is 0 Å². The normalized spacial score (nSPS) is 10.5. The summed E-state index contributed by atoms with van der Waals surface area (Å²) in [6.07, 6.45) is 0. The van der Waals surface area contributed by atoms with Crippen LogP contribution in [0.5, 0.6) is 0 Å². The highest BCUT2D eigenvalue weighted by molar-refractivity contribution is 5.63. The van der Waals surface area contributed by atoms with Gasteiger partial charge in [0.15, 0.2) is 0 Å². The van der Waals surface area contributed by atoms with Gasteiger partial charge in [0.05, 0.1) is 4.92 Å². The fourth-order valence-corrected chi connectivity index (χ4v) is 1.86. The van der Waals surface area contributed by atoms with Gasteiger partial charge in [0.25, 0.3) is 5.69 Å². The largest absolute Gasteiger partial charge is 0.388 e. The molecule has 0 aliphatic rings. The first-order valence-corrected chi connectivity index (χ1v) is 6.54. The second-order valence-electron chi connectivity index (χ2n) is 4.23. The van der Waals surface area contributed by atoms with Crippen molar-refractivity contribution < 1.29 is 4.92 Å². The number of hydrogen-bond donors (Lipinski definition) is 2. The third kappa shape index (κ3) is 4.75. The Morgan fingerprint density at radius 1 is 1.21 bits per heavy atom. The third-order valence-corrected chi connectivity index (χ3v) is 3.07. The van der Waals surface area contributed by atoms with Crippen LogP contribution in [0.15, 0.2) is 18.2 Å². The van der Waals surface area contributed by atoms with Gasteiger partial charge in [-0.25, -0.2) is 0 Å². The van der Waals surface area contributed by atoms with E-state index >= 15 is 0 Å². The molecule has 19 heavy (non-hydrogen) atoms. The molecule has 0 fully saturated rings. The summed E-state index contributed by atoms with van der Waals surface area (Å²) in [7, 11) is 1.75. The highest BCUT2D eigenvalue weighted by Crippen LogP contribution is 2.23. The Labute approximate surface area is 113 Å². The number of hydrogen-bond acceptors (Lipinski definition) is 5. The Kier molecular flexibility index (Phi) is 6.08. The fraction of sp³-hybridized carbons (Fsp3) is 0.538. The molecule has 6 nitrogen and oxygen atoms in total. The molecule has 1 rings (SSSR count). The Morgan fingerprint density at radius 3 is 2.37 bits per heavy atom. The Hall–Kier alpha value is -1.82. The van der Waals surface area contributed by atoms with Crippen molar-refractivity contribution in [3.8, 4) is 0 Å². The number of nitrogens with zero attached hydrogens (tertiary/aromatic N) is 2. The molecule has 0 bridgehead atoms. The van der Waals surface area contributed by atoms with Gasteiger partial charge in [0.2, 0.25) is 0 Å². The lowest BCUT2D eigenvalue weighted by Gasteiger charge is -2.18. The summed E-state index contributed by atoms with van der Waals surface area (Å²) < 4.78 is 0. The van der Waals surface area contributed by atoms with Crippen LogP contribution in [-0.4, -0.2) is 43.0 Å². The van der Waals surface area contributed by atoms with E-state index in [1.807, 2.05) is 6.07 Å². The lowest BCUT2D eigenvalue weighted by molar-refractivity contribution is -0.384. The van der Waals surface area contributed by atoms with Gasteiger partial charge in [-0.15, -0.1) is 0 Å². The average molecular weight is 266 g/mol. The minimum atomic E-state index is -0.379. The van der Waals surface area contributed by atoms with Gasteiger partial charge in [-0.05, 0) is 19.2 Å². The van der Waals surface area contributed by atoms with Crippen molar-refractivity contribution in [3.05, 3.63) is 28.3 Å². The van der Waals surface area contributed by atoms with Crippen molar-refractivity contribution >= 4 is 17.1 Å². The highest BCUT2D eigenvalue weighted by Gasteiger charge is 2.09. The van der Waals surface area contributed by atoms with E-state index in [2.05, 4.69) is 29.4 Å². The Balaban J connectivity index is 2.67. The summed E-state index contributed by atoms with van der Waals surface area (Å²) >= 11 is 0. The van der Waals surface area contributed by atoms with Gasteiger partial charge < -0.3 is 15.5 Å². The van der Waals surface area contributed by atoms with Crippen molar-refractivity contribution in [2.75, 3.05) is 43.9 Å². The molecular formula is C13H22N4O2. The van der Waals surface area contributed by atoms with Crippen LogP contribution < -0.4 is 10.6 Å². The van der Waals surface area contributed by atoms with Crippen LogP contribution in [-0.2, 0) is 0 Å². The fourth-order valence-electron chi connectivity index (χ4n) is 1.86. The summed E-state index contributed by atoms with van der Waals surface area (Å²) in [5, 5.41) is 17.0. The van der Waals surface area contributed by atoms with Crippen LogP contribution in [0, 0.1) is 10.1 Å². The van der Waals surface area contributed by atoms with Crippen LogP contribution in [0.1, 0.15) is 13.8 Å². The van der Waals surface area contributed by atoms with E-state index in [0.29, 0.717) is 0 Å². The number of nitro benzene ring substituents is 1. The number of non-ortho nitro benzene ring substituents is 1. The van der Waals surface area contributed by atoms with Gasteiger partial charge in [0, 0.05) is 43.6 Å². The second-order valence-corrected chi connectivity index (χ2v) is 4.23. The zero-order valence-corrected chi connectivity index (χ0v) is 11.8. The molecule has 0 heterocycles. The van der Waals surface area contributed by atoms with Crippen LogP contribution in [0.3, 0.4) is 0 Å². The lowest BCUT2D eigenvalue weighted by Crippen LogP contribution is -2.28. The number of nitrogens with one attached hydrogen (secondary N) is 2. The lowest BCUT2D eigenvalue weighted by atomic mass is 10.2. The first-order chi connectivity index (χ1) is 9.10. The SMILES string of the molecule is CCN(CC)CCNc1cc(NC)cc([N+](=O)[O-])c1. The Bertz CT molecular complexity index is 419. The van der Waals surface area contributed by atoms with Crippen molar-refractivity contribution in [3.63, 3.8) is 0 Å². The molecular weight excluding hydrogens is 244 g/mol. The molecule has 0 unspecified atom stereocenters. The molecule has 6 heteroatoms. The Morgan fingerprint density at radius 2 is 1.84 bits per heavy atom. The molecule has 106 valence electrons. The van der Waals surface area contributed by atoms with Crippen molar-refractivity contribution in [1.29, 1.82) is 0 Å². The topological polar surface area (TPSA) is 70.4 Å². The van der Waals surface area contributed by atoms with E-state index in [1.165, 1.54) is 6.07 Å². The summed E-state index contributed by atoms with van der Waals surface area (Å²) in [6, 6.07) is 4.95. The van der Waals surface area contributed by atoms with Crippen LogP contribution >= 0.6 is 0 Å². The van der Waals surface area contributed by atoms with E-state index in [0.717, 1.165) is 37.6 Å². The van der Waals surface area contributed by atoms with Gasteiger partial charge in [-0.1, -0.05) is 13.8 Å². The average Bonchev–Trinajstić information content (AvgIpc) is 2.43. The summed E-state index contributed by atoms with van der Waals surface area (Å²) in [6.45, 7) is 7.95. The smallest absolute Gasteiger partial charge is 0.273 e.